The van der Waals surface area contributed by atoms with Gasteiger partial charge in [-0.25, -0.2) is 4.39 Å². The SMILES string of the molecule is Cc1ccccc1-c1nnc(SC(C)C(=O)N(C)Cc2cccc(F)c2)o1. The molecular formula is C20H20FN3O2S. The predicted molar refractivity (Wildman–Crippen MR) is 103 cm³/mol. The first-order chi connectivity index (χ1) is 12.9. The number of carbonyl (C=O) groups is 1. The number of benzene rings is 2. The van der Waals surface area contributed by atoms with Crippen molar-refractivity contribution in [3.05, 3.63) is 65.5 Å². The van der Waals surface area contributed by atoms with Gasteiger partial charge in [0.15, 0.2) is 0 Å². The third-order valence-corrected chi connectivity index (χ3v) is 5.01. The van der Waals surface area contributed by atoms with Crippen molar-refractivity contribution in [2.75, 3.05) is 7.05 Å². The number of nitrogens with zero attached hydrogens (tertiary/aromatic N) is 3. The number of thioether (sulfide) groups is 1. The first-order valence-electron chi connectivity index (χ1n) is 8.49. The number of hydrogen-bond acceptors (Lipinski definition) is 5. The normalized spacial score (nSPS) is 12.0. The maximum absolute atomic E-state index is 13.3. The summed E-state index contributed by atoms with van der Waals surface area (Å²) in [5.41, 5.74) is 2.65. The van der Waals surface area contributed by atoms with Gasteiger partial charge in [-0.15, -0.1) is 10.2 Å². The van der Waals surface area contributed by atoms with Crippen molar-refractivity contribution in [3.8, 4) is 11.5 Å². The van der Waals surface area contributed by atoms with Crippen LogP contribution in [0.3, 0.4) is 0 Å². The van der Waals surface area contributed by atoms with Crippen molar-refractivity contribution in [1.29, 1.82) is 0 Å². The molecule has 27 heavy (non-hydrogen) atoms. The number of aryl methyl sites for hydroxylation is 1. The van der Waals surface area contributed by atoms with Gasteiger partial charge in [0.1, 0.15) is 5.82 Å². The van der Waals surface area contributed by atoms with Gasteiger partial charge in [-0.2, -0.15) is 0 Å². The molecule has 0 aliphatic rings. The van der Waals surface area contributed by atoms with Gasteiger partial charge >= 0.3 is 0 Å². The average Bonchev–Trinajstić information content (AvgIpc) is 3.09. The zero-order valence-corrected chi connectivity index (χ0v) is 16.2. The van der Waals surface area contributed by atoms with E-state index in [1.165, 1.54) is 23.9 Å². The average molecular weight is 385 g/mol. The Morgan fingerprint density at radius 2 is 2.00 bits per heavy atom. The topological polar surface area (TPSA) is 59.2 Å². The highest BCUT2D eigenvalue weighted by Gasteiger charge is 2.22. The minimum Gasteiger partial charge on any atom is -0.411 e. The Morgan fingerprint density at radius 1 is 1.22 bits per heavy atom. The maximum Gasteiger partial charge on any atom is 0.277 e. The summed E-state index contributed by atoms with van der Waals surface area (Å²) in [4.78, 5) is 14.1. The molecule has 0 aliphatic carbocycles. The lowest BCUT2D eigenvalue weighted by Crippen LogP contribution is -2.32. The van der Waals surface area contributed by atoms with Crippen LogP contribution < -0.4 is 0 Å². The molecule has 2 aromatic carbocycles. The molecule has 1 aromatic heterocycles. The lowest BCUT2D eigenvalue weighted by molar-refractivity contribution is -0.129. The number of aromatic nitrogens is 2. The van der Waals surface area contributed by atoms with Crippen molar-refractivity contribution in [1.82, 2.24) is 15.1 Å². The number of halogens is 1. The van der Waals surface area contributed by atoms with E-state index in [2.05, 4.69) is 10.2 Å². The molecule has 0 radical (unpaired) electrons. The molecule has 0 aliphatic heterocycles. The number of hydrogen-bond donors (Lipinski definition) is 0. The Bertz CT molecular complexity index is 944. The molecule has 1 atom stereocenters. The van der Waals surface area contributed by atoms with E-state index in [-0.39, 0.29) is 11.7 Å². The van der Waals surface area contributed by atoms with Crippen molar-refractivity contribution in [2.24, 2.45) is 0 Å². The van der Waals surface area contributed by atoms with Crippen molar-refractivity contribution >= 4 is 17.7 Å². The molecule has 1 heterocycles. The largest absolute Gasteiger partial charge is 0.411 e. The van der Waals surface area contributed by atoms with Crippen molar-refractivity contribution in [2.45, 2.75) is 30.9 Å². The predicted octanol–water partition coefficient (Wildman–Crippen LogP) is 4.32. The summed E-state index contributed by atoms with van der Waals surface area (Å²) in [6, 6.07) is 14.0. The lowest BCUT2D eigenvalue weighted by atomic mass is 10.1. The minimum absolute atomic E-state index is 0.0973. The Hall–Kier alpha value is -2.67. The fraction of sp³-hybridized carbons (Fsp3) is 0.250. The van der Waals surface area contributed by atoms with Gasteiger partial charge in [0, 0.05) is 19.2 Å². The van der Waals surface area contributed by atoms with Crippen LogP contribution in [0.4, 0.5) is 4.39 Å². The minimum atomic E-state index is -0.409. The van der Waals surface area contributed by atoms with Gasteiger partial charge in [0.05, 0.1) is 5.25 Å². The summed E-state index contributed by atoms with van der Waals surface area (Å²) in [6.07, 6.45) is 0. The standard InChI is InChI=1S/C20H20FN3O2S/c1-13-7-4-5-10-17(13)18-22-23-20(26-18)27-14(2)19(25)24(3)12-15-8-6-9-16(21)11-15/h4-11,14H,12H2,1-3H3. The van der Waals surface area contributed by atoms with Crippen LogP contribution in [0.25, 0.3) is 11.5 Å². The van der Waals surface area contributed by atoms with Crippen LogP contribution in [-0.4, -0.2) is 33.3 Å². The fourth-order valence-corrected chi connectivity index (χ4v) is 3.48. The van der Waals surface area contributed by atoms with E-state index in [0.29, 0.717) is 17.7 Å². The Balaban J connectivity index is 1.64. The van der Waals surface area contributed by atoms with Crippen molar-refractivity contribution in [3.63, 3.8) is 0 Å². The second kappa shape index (κ2) is 8.35. The Morgan fingerprint density at radius 3 is 2.74 bits per heavy atom. The molecule has 7 heteroatoms. The molecule has 0 fully saturated rings. The van der Waals surface area contributed by atoms with Gasteiger partial charge in [0.2, 0.25) is 11.8 Å². The van der Waals surface area contributed by atoms with Crippen LogP contribution in [0, 0.1) is 12.7 Å². The van der Waals surface area contributed by atoms with E-state index < -0.39 is 5.25 Å². The first kappa shape index (κ1) is 19.1. The zero-order chi connectivity index (χ0) is 19.4. The van der Waals surface area contributed by atoms with Crippen LogP contribution in [0.1, 0.15) is 18.1 Å². The molecule has 0 saturated heterocycles. The molecule has 0 saturated carbocycles. The molecule has 0 bridgehead atoms. The summed E-state index contributed by atoms with van der Waals surface area (Å²) in [6.45, 7) is 4.09. The van der Waals surface area contributed by atoms with E-state index >= 15 is 0 Å². The highest BCUT2D eigenvalue weighted by molar-refractivity contribution is 8.00. The second-order valence-electron chi connectivity index (χ2n) is 6.27. The summed E-state index contributed by atoms with van der Waals surface area (Å²) in [5, 5.41) is 8.05. The van der Waals surface area contributed by atoms with Crippen LogP contribution in [0.2, 0.25) is 0 Å². The van der Waals surface area contributed by atoms with Gasteiger partial charge in [0.25, 0.3) is 5.22 Å². The Kier molecular flexibility index (Phi) is 5.91. The van der Waals surface area contributed by atoms with E-state index in [9.17, 15) is 9.18 Å². The summed E-state index contributed by atoms with van der Waals surface area (Å²) in [5.74, 6) is 0.0219. The van der Waals surface area contributed by atoms with Gasteiger partial charge in [-0.3, -0.25) is 4.79 Å². The smallest absolute Gasteiger partial charge is 0.277 e. The quantitative estimate of drug-likeness (QED) is 0.591. The van der Waals surface area contributed by atoms with E-state index in [0.717, 1.165) is 16.7 Å². The van der Waals surface area contributed by atoms with Crippen LogP contribution in [0.5, 0.6) is 0 Å². The highest BCUT2D eigenvalue weighted by atomic mass is 32.2. The zero-order valence-electron chi connectivity index (χ0n) is 15.3. The molecule has 140 valence electrons. The molecule has 3 rings (SSSR count). The highest BCUT2D eigenvalue weighted by Crippen LogP contribution is 2.28. The van der Waals surface area contributed by atoms with Crippen molar-refractivity contribution < 1.29 is 13.6 Å². The number of amides is 1. The third kappa shape index (κ3) is 4.74. The van der Waals surface area contributed by atoms with Crippen LogP contribution >= 0.6 is 11.8 Å². The Labute approximate surface area is 161 Å². The maximum atomic E-state index is 13.3. The second-order valence-corrected chi connectivity index (χ2v) is 7.56. The van der Waals surface area contributed by atoms with E-state index in [1.807, 2.05) is 31.2 Å². The third-order valence-electron chi connectivity index (χ3n) is 4.09. The number of carbonyl (C=O) groups excluding carboxylic acids is 1. The summed E-state index contributed by atoms with van der Waals surface area (Å²) >= 11 is 1.21. The van der Waals surface area contributed by atoms with E-state index in [1.54, 1.807) is 31.0 Å². The molecule has 0 N–H and O–H groups in total. The fourth-order valence-electron chi connectivity index (χ4n) is 2.68. The first-order valence-corrected chi connectivity index (χ1v) is 9.37. The molecule has 0 spiro atoms. The van der Waals surface area contributed by atoms with Gasteiger partial charge in [-0.1, -0.05) is 42.1 Å². The molecule has 1 amide bonds. The molecule has 3 aromatic rings. The lowest BCUT2D eigenvalue weighted by Gasteiger charge is -2.20. The number of rotatable bonds is 6. The van der Waals surface area contributed by atoms with Crippen LogP contribution in [0.15, 0.2) is 58.2 Å². The molecule has 1 unspecified atom stereocenters. The summed E-state index contributed by atoms with van der Waals surface area (Å²) < 4.78 is 19.0. The molecular weight excluding hydrogens is 365 g/mol. The van der Waals surface area contributed by atoms with Gasteiger partial charge in [-0.05, 0) is 43.2 Å². The van der Waals surface area contributed by atoms with Crippen LogP contribution in [-0.2, 0) is 11.3 Å². The van der Waals surface area contributed by atoms with E-state index in [4.69, 9.17) is 4.42 Å². The summed E-state index contributed by atoms with van der Waals surface area (Å²) in [7, 11) is 1.69. The molecule has 5 nitrogen and oxygen atoms in total. The monoisotopic (exact) mass is 385 g/mol. The van der Waals surface area contributed by atoms with Gasteiger partial charge < -0.3 is 9.32 Å².